The van der Waals surface area contributed by atoms with Crippen LogP contribution in [0.2, 0.25) is 0 Å². The average molecular weight is 381 g/mol. The maximum Gasteiger partial charge on any atom is 0.328 e. The van der Waals surface area contributed by atoms with Crippen LogP contribution in [-0.4, -0.2) is 22.3 Å². The van der Waals surface area contributed by atoms with Gasteiger partial charge in [-0.2, -0.15) is 0 Å². The van der Waals surface area contributed by atoms with E-state index in [9.17, 15) is 14.4 Å². The van der Waals surface area contributed by atoms with Crippen molar-refractivity contribution >= 4 is 16.8 Å². The summed E-state index contributed by atoms with van der Waals surface area (Å²) in [5, 5.41) is 3.28. The van der Waals surface area contributed by atoms with Gasteiger partial charge in [-0.25, -0.2) is 4.79 Å². The number of amides is 1. The van der Waals surface area contributed by atoms with E-state index in [1.165, 1.54) is 0 Å². The van der Waals surface area contributed by atoms with E-state index in [0.717, 1.165) is 10.1 Å². The van der Waals surface area contributed by atoms with Crippen molar-refractivity contribution in [3.8, 4) is 11.5 Å². The number of H-pyrrole nitrogens is 1. The second-order valence-electron chi connectivity index (χ2n) is 6.50. The van der Waals surface area contributed by atoms with Crippen LogP contribution in [0.15, 0.2) is 52.1 Å². The van der Waals surface area contributed by atoms with Crippen LogP contribution in [0.4, 0.5) is 0 Å². The van der Waals surface area contributed by atoms with E-state index in [0.29, 0.717) is 35.4 Å². The summed E-state index contributed by atoms with van der Waals surface area (Å²) >= 11 is 0. The first-order chi connectivity index (χ1) is 13.6. The number of para-hydroxylation sites is 1. The third-order valence-corrected chi connectivity index (χ3v) is 4.60. The number of carbonyl (C=O) groups excluding carboxylic acids is 1. The molecule has 2 N–H and O–H groups in total. The maximum absolute atomic E-state index is 12.4. The lowest BCUT2D eigenvalue weighted by Crippen LogP contribution is -2.35. The molecule has 4 rings (SSSR count). The van der Waals surface area contributed by atoms with Gasteiger partial charge in [-0.1, -0.05) is 18.2 Å². The Morgan fingerprint density at radius 2 is 1.93 bits per heavy atom. The average Bonchev–Trinajstić information content (AvgIpc) is 3.17. The summed E-state index contributed by atoms with van der Waals surface area (Å²) in [5.74, 6) is 1.21. The number of hydrogen-bond donors (Lipinski definition) is 2. The zero-order valence-corrected chi connectivity index (χ0v) is 15.1. The van der Waals surface area contributed by atoms with E-state index in [2.05, 4.69) is 10.3 Å². The topological polar surface area (TPSA) is 102 Å². The molecule has 0 spiro atoms. The molecule has 2 aromatic carbocycles. The summed E-state index contributed by atoms with van der Waals surface area (Å²) < 4.78 is 11.7. The van der Waals surface area contributed by atoms with Crippen molar-refractivity contribution in [1.82, 2.24) is 14.9 Å². The molecule has 1 aromatic heterocycles. The fourth-order valence-corrected chi connectivity index (χ4v) is 3.14. The van der Waals surface area contributed by atoms with Crippen LogP contribution in [0.1, 0.15) is 18.4 Å². The Morgan fingerprint density at radius 1 is 1.11 bits per heavy atom. The molecule has 0 aliphatic carbocycles. The molecular formula is C20H19N3O5. The van der Waals surface area contributed by atoms with E-state index in [4.69, 9.17) is 9.47 Å². The summed E-state index contributed by atoms with van der Waals surface area (Å²) in [5.41, 5.74) is 0.597. The number of ether oxygens (including phenoxy) is 2. The smallest absolute Gasteiger partial charge is 0.328 e. The van der Waals surface area contributed by atoms with Gasteiger partial charge in [0.05, 0.1) is 10.9 Å². The lowest BCUT2D eigenvalue weighted by molar-refractivity contribution is -0.121. The molecule has 8 heteroatoms. The van der Waals surface area contributed by atoms with Gasteiger partial charge in [0.2, 0.25) is 12.7 Å². The van der Waals surface area contributed by atoms with Crippen molar-refractivity contribution in [3.63, 3.8) is 0 Å². The largest absolute Gasteiger partial charge is 0.454 e. The van der Waals surface area contributed by atoms with Gasteiger partial charge < -0.3 is 19.8 Å². The highest BCUT2D eigenvalue weighted by Crippen LogP contribution is 2.32. The molecule has 8 nitrogen and oxygen atoms in total. The summed E-state index contributed by atoms with van der Waals surface area (Å²) in [4.78, 5) is 39.3. The second kappa shape index (κ2) is 7.59. The third-order valence-electron chi connectivity index (χ3n) is 4.60. The predicted molar refractivity (Wildman–Crippen MR) is 102 cm³/mol. The minimum absolute atomic E-state index is 0.150. The van der Waals surface area contributed by atoms with Crippen molar-refractivity contribution in [2.24, 2.45) is 0 Å². The normalized spacial score (nSPS) is 12.3. The Balaban J connectivity index is 1.33. The minimum Gasteiger partial charge on any atom is -0.454 e. The molecule has 0 unspecified atom stereocenters. The molecule has 0 saturated heterocycles. The molecular weight excluding hydrogens is 362 g/mol. The lowest BCUT2D eigenvalue weighted by atomic mass is 10.2. The van der Waals surface area contributed by atoms with Gasteiger partial charge >= 0.3 is 5.69 Å². The SMILES string of the molecule is O=C(CCCn1c(=O)[nH]c2ccccc2c1=O)NCc1ccc2c(c1)OCO2. The highest BCUT2D eigenvalue weighted by molar-refractivity contribution is 5.77. The fraction of sp³-hybridized carbons (Fsp3) is 0.250. The summed E-state index contributed by atoms with van der Waals surface area (Å²) in [6, 6.07) is 12.4. The number of aromatic nitrogens is 2. The van der Waals surface area contributed by atoms with Gasteiger partial charge in [-0.15, -0.1) is 0 Å². The fourth-order valence-electron chi connectivity index (χ4n) is 3.14. The Bertz CT molecular complexity index is 1150. The van der Waals surface area contributed by atoms with E-state index >= 15 is 0 Å². The van der Waals surface area contributed by atoms with E-state index in [1.807, 2.05) is 18.2 Å². The molecule has 1 aliphatic heterocycles. The monoisotopic (exact) mass is 381 g/mol. The highest BCUT2D eigenvalue weighted by Gasteiger charge is 2.13. The standard InChI is InChI=1S/C20H19N3O5/c24-18(21-11-13-7-8-16-17(10-13)28-12-27-16)6-3-9-23-19(25)14-4-1-2-5-15(14)22-20(23)26/h1-2,4-5,7-8,10H,3,6,9,11-12H2,(H,21,24)(H,22,26). The van der Waals surface area contributed by atoms with Crippen LogP contribution >= 0.6 is 0 Å². The van der Waals surface area contributed by atoms with Crippen molar-refractivity contribution in [3.05, 3.63) is 68.9 Å². The molecule has 28 heavy (non-hydrogen) atoms. The summed E-state index contributed by atoms with van der Waals surface area (Å²) in [6.45, 7) is 0.751. The van der Waals surface area contributed by atoms with Gasteiger partial charge in [-0.3, -0.25) is 14.2 Å². The first kappa shape index (κ1) is 17.8. The van der Waals surface area contributed by atoms with Crippen LogP contribution < -0.4 is 26.0 Å². The van der Waals surface area contributed by atoms with Gasteiger partial charge in [0.15, 0.2) is 11.5 Å². The number of hydrogen-bond acceptors (Lipinski definition) is 5. The van der Waals surface area contributed by atoms with Crippen molar-refractivity contribution < 1.29 is 14.3 Å². The first-order valence-electron chi connectivity index (χ1n) is 8.99. The maximum atomic E-state index is 12.4. The first-order valence-corrected chi connectivity index (χ1v) is 8.99. The number of nitrogens with zero attached hydrogens (tertiary/aromatic N) is 1. The molecule has 144 valence electrons. The van der Waals surface area contributed by atoms with Gasteiger partial charge in [0.25, 0.3) is 5.56 Å². The molecule has 0 radical (unpaired) electrons. The van der Waals surface area contributed by atoms with Crippen LogP contribution in [-0.2, 0) is 17.9 Å². The van der Waals surface area contributed by atoms with Gasteiger partial charge in [0, 0.05) is 19.5 Å². The summed E-state index contributed by atoms with van der Waals surface area (Å²) in [7, 11) is 0. The number of aromatic amines is 1. The summed E-state index contributed by atoms with van der Waals surface area (Å²) in [6.07, 6.45) is 0.595. The number of nitrogens with one attached hydrogen (secondary N) is 2. The molecule has 1 amide bonds. The molecule has 1 aliphatic rings. The molecule has 0 saturated carbocycles. The molecule has 0 fully saturated rings. The molecule has 0 bridgehead atoms. The predicted octanol–water partition coefficient (Wildman–Crippen LogP) is 1.52. The van der Waals surface area contributed by atoms with E-state index in [-0.39, 0.29) is 31.2 Å². The van der Waals surface area contributed by atoms with Crippen LogP contribution in [0.3, 0.4) is 0 Å². The van der Waals surface area contributed by atoms with Crippen molar-refractivity contribution in [1.29, 1.82) is 0 Å². The highest BCUT2D eigenvalue weighted by atomic mass is 16.7. The van der Waals surface area contributed by atoms with Crippen molar-refractivity contribution in [2.75, 3.05) is 6.79 Å². The van der Waals surface area contributed by atoms with Crippen LogP contribution in [0.25, 0.3) is 10.9 Å². The second-order valence-corrected chi connectivity index (χ2v) is 6.50. The Labute approximate surface area is 159 Å². The van der Waals surface area contributed by atoms with Gasteiger partial charge in [-0.05, 0) is 36.2 Å². The third kappa shape index (κ3) is 3.62. The number of carbonyl (C=O) groups is 1. The quantitative estimate of drug-likeness (QED) is 0.674. The number of benzene rings is 2. The molecule has 3 aromatic rings. The van der Waals surface area contributed by atoms with Crippen LogP contribution in [0.5, 0.6) is 11.5 Å². The minimum atomic E-state index is -0.468. The van der Waals surface area contributed by atoms with Gasteiger partial charge in [0.1, 0.15) is 0 Å². The molecule has 2 heterocycles. The van der Waals surface area contributed by atoms with E-state index < -0.39 is 5.69 Å². The lowest BCUT2D eigenvalue weighted by Gasteiger charge is -2.08. The zero-order chi connectivity index (χ0) is 19.5. The number of rotatable bonds is 6. The van der Waals surface area contributed by atoms with Crippen molar-refractivity contribution in [2.45, 2.75) is 25.9 Å². The number of fused-ring (bicyclic) bond motifs is 2. The Kier molecular flexibility index (Phi) is 4.84. The van der Waals surface area contributed by atoms with E-state index in [1.54, 1.807) is 24.3 Å². The Morgan fingerprint density at radius 3 is 2.82 bits per heavy atom. The van der Waals surface area contributed by atoms with Crippen LogP contribution in [0, 0.1) is 0 Å². The zero-order valence-electron chi connectivity index (χ0n) is 15.1. The molecule has 0 atom stereocenters. The Hall–Kier alpha value is -3.55.